The number of carbonyl (C=O) groups excluding carboxylic acids is 1. The second-order valence-electron chi connectivity index (χ2n) is 3.99. The highest BCUT2D eigenvalue weighted by Crippen LogP contribution is 2.17. The van der Waals surface area contributed by atoms with Gasteiger partial charge in [0.15, 0.2) is 0 Å². The first-order valence-corrected chi connectivity index (χ1v) is 5.55. The molecule has 0 radical (unpaired) electrons. The molecule has 0 saturated carbocycles. The van der Waals surface area contributed by atoms with Crippen molar-refractivity contribution in [2.45, 2.75) is 13.5 Å². The molecule has 1 amide bonds. The lowest BCUT2D eigenvalue weighted by Crippen LogP contribution is -2.11. The Bertz CT molecular complexity index is 554. The molecule has 0 aliphatic carbocycles. The summed E-state index contributed by atoms with van der Waals surface area (Å²) < 4.78 is 0. The summed E-state index contributed by atoms with van der Waals surface area (Å²) in [6.07, 6.45) is 5.01. The second kappa shape index (κ2) is 5.27. The number of hydrogen-bond donors (Lipinski definition) is 2. The van der Waals surface area contributed by atoms with E-state index in [1.54, 1.807) is 24.5 Å². The molecule has 3 N–H and O–H groups in total. The molecule has 0 saturated heterocycles. The number of aryl methyl sites for hydroxylation is 1. The van der Waals surface area contributed by atoms with E-state index in [1.807, 2.05) is 13.0 Å². The number of rotatable bonds is 4. The molecule has 0 atom stereocenters. The van der Waals surface area contributed by atoms with Crippen LogP contribution < -0.4 is 11.1 Å². The third kappa shape index (κ3) is 2.82. The van der Waals surface area contributed by atoms with E-state index in [2.05, 4.69) is 15.3 Å². The molecule has 1 heterocycles. The number of carbonyl (C=O) groups is 1. The van der Waals surface area contributed by atoms with Crippen LogP contribution in [-0.4, -0.2) is 15.9 Å². The van der Waals surface area contributed by atoms with Crippen molar-refractivity contribution in [1.82, 2.24) is 9.97 Å². The lowest BCUT2D eigenvalue weighted by Gasteiger charge is -2.10. The Balaban J connectivity index is 2.08. The van der Waals surface area contributed by atoms with Gasteiger partial charge in [-0.15, -0.1) is 0 Å². The van der Waals surface area contributed by atoms with Gasteiger partial charge in [0.05, 0.1) is 0 Å². The van der Waals surface area contributed by atoms with Crippen molar-refractivity contribution in [2.24, 2.45) is 5.73 Å². The van der Waals surface area contributed by atoms with E-state index in [9.17, 15) is 4.79 Å². The molecule has 0 bridgehead atoms. The number of primary amides is 1. The Labute approximate surface area is 105 Å². The van der Waals surface area contributed by atoms with Gasteiger partial charge in [-0.2, -0.15) is 0 Å². The first-order valence-electron chi connectivity index (χ1n) is 5.55. The number of hydrogen-bond acceptors (Lipinski definition) is 4. The zero-order valence-corrected chi connectivity index (χ0v) is 10.1. The molecular weight excluding hydrogens is 228 g/mol. The smallest absolute Gasteiger partial charge is 0.248 e. The fourth-order valence-corrected chi connectivity index (χ4v) is 1.63. The van der Waals surface area contributed by atoms with Crippen LogP contribution in [-0.2, 0) is 6.54 Å². The lowest BCUT2D eigenvalue weighted by atomic mass is 10.1. The summed E-state index contributed by atoms with van der Waals surface area (Å²) in [5, 5.41) is 3.26. The van der Waals surface area contributed by atoms with Crippen LogP contribution >= 0.6 is 0 Å². The Morgan fingerprint density at radius 2 is 2.06 bits per heavy atom. The van der Waals surface area contributed by atoms with Crippen LogP contribution in [0.1, 0.15) is 21.5 Å². The number of amides is 1. The molecule has 18 heavy (non-hydrogen) atoms. The fourth-order valence-electron chi connectivity index (χ4n) is 1.63. The third-order valence-corrected chi connectivity index (χ3v) is 2.61. The molecule has 0 aliphatic heterocycles. The van der Waals surface area contributed by atoms with Crippen LogP contribution in [0.2, 0.25) is 0 Å². The number of nitrogens with zero attached hydrogens (tertiary/aromatic N) is 2. The van der Waals surface area contributed by atoms with Gasteiger partial charge in [-0.1, -0.05) is 0 Å². The monoisotopic (exact) mass is 242 g/mol. The zero-order chi connectivity index (χ0) is 13.0. The highest BCUT2D eigenvalue weighted by molar-refractivity contribution is 5.93. The minimum absolute atomic E-state index is 0.416. The van der Waals surface area contributed by atoms with Gasteiger partial charge < -0.3 is 11.1 Å². The maximum absolute atomic E-state index is 11.0. The molecule has 2 rings (SSSR count). The second-order valence-corrected chi connectivity index (χ2v) is 3.99. The first kappa shape index (κ1) is 12.0. The lowest BCUT2D eigenvalue weighted by molar-refractivity contribution is 0.1000. The molecule has 0 fully saturated rings. The van der Waals surface area contributed by atoms with Crippen molar-refractivity contribution >= 4 is 11.6 Å². The van der Waals surface area contributed by atoms with E-state index >= 15 is 0 Å². The fraction of sp³-hybridized carbons (Fsp3) is 0.154. The summed E-state index contributed by atoms with van der Waals surface area (Å²) >= 11 is 0. The number of nitrogens with two attached hydrogens (primary N) is 1. The Morgan fingerprint density at radius 3 is 2.67 bits per heavy atom. The Morgan fingerprint density at radius 1 is 1.33 bits per heavy atom. The molecule has 0 unspecified atom stereocenters. The first-order chi connectivity index (χ1) is 8.66. The summed E-state index contributed by atoms with van der Waals surface area (Å²) in [5.41, 5.74) is 8.67. The van der Waals surface area contributed by atoms with Crippen LogP contribution in [0.3, 0.4) is 0 Å². The number of aromatic nitrogens is 2. The molecule has 92 valence electrons. The van der Waals surface area contributed by atoms with Gasteiger partial charge in [0.2, 0.25) is 5.91 Å². The maximum atomic E-state index is 11.0. The van der Waals surface area contributed by atoms with E-state index in [0.29, 0.717) is 12.1 Å². The minimum Gasteiger partial charge on any atom is -0.381 e. The van der Waals surface area contributed by atoms with Crippen LogP contribution in [0.5, 0.6) is 0 Å². The van der Waals surface area contributed by atoms with Crippen LogP contribution in [0, 0.1) is 6.92 Å². The summed E-state index contributed by atoms with van der Waals surface area (Å²) in [4.78, 5) is 18.9. The van der Waals surface area contributed by atoms with Crippen molar-refractivity contribution in [3.8, 4) is 0 Å². The normalized spacial score (nSPS) is 10.1. The molecule has 5 nitrogen and oxygen atoms in total. The van der Waals surface area contributed by atoms with Gasteiger partial charge in [0.25, 0.3) is 0 Å². The number of nitrogens with one attached hydrogen (secondary N) is 1. The average Bonchev–Trinajstić information content (AvgIpc) is 2.38. The zero-order valence-electron chi connectivity index (χ0n) is 10.1. The summed E-state index contributed by atoms with van der Waals surface area (Å²) in [7, 11) is 0. The summed E-state index contributed by atoms with van der Waals surface area (Å²) in [5.74, 6) is -0.416. The van der Waals surface area contributed by atoms with E-state index in [-0.39, 0.29) is 0 Å². The predicted octanol–water partition coefficient (Wildman–Crippen LogP) is 1.50. The molecule has 5 heteroatoms. The highest BCUT2D eigenvalue weighted by atomic mass is 16.1. The van der Waals surface area contributed by atoms with Crippen LogP contribution in [0.4, 0.5) is 5.69 Å². The summed E-state index contributed by atoms with van der Waals surface area (Å²) in [6, 6.07) is 5.32. The standard InChI is InChI=1S/C13H14N4O/c1-9-4-11(13(14)18)2-3-12(9)17-7-10-5-15-8-16-6-10/h2-6,8,17H,7H2,1H3,(H2,14,18). The van der Waals surface area contributed by atoms with Gasteiger partial charge in [-0.05, 0) is 30.7 Å². The van der Waals surface area contributed by atoms with E-state index in [0.717, 1.165) is 16.8 Å². The van der Waals surface area contributed by atoms with E-state index in [1.165, 1.54) is 6.33 Å². The minimum atomic E-state index is -0.416. The largest absolute Gasteiger partial charge is 0.381 e. The van der Waals surface area contributed by atoms with Crippen LogP contribution in [0.15, 0.2) is 36.9 Å². The van der Waals surface area contributed by atoms with Crippen molar-refractivity contribution in [3.63, 3.8) is 0 Å². The van der Waals surface area contributed by atoms with Gasteiger partial charge in [-0.25, -0.2) is 9.97 Å². The maximum Gasteiger partial charge on any atom is 0.248 e. The van der Waals surface area contributed by atoms with Crippen molar-refractivity contribution < 1.29 is 4.79 Å². The molecular formula is C13H14N4O. The molecule has 1 aromatic heterocycles. The summed E-state index contributed by atoms with van der Waals surface area (Å²) in [6.45, 7) is 2.56. The quantitative estimate of drug-likeness (QED) is 0.851. The molecule has 0 aliphatic rings. The topological polar surface area (TPSA) is 80.9 Å². The number of benzene rings is 1. The molecule has 0 spiro atoms. The Hall–Kier alpha value is -2.43. The molecule has 2 aromatic rings. The van der Waals surface area contributed by atoms with Gasteiger partial charge >= 0.3 is 0 Å². The van der Waals surface area contributed by atoms with Crippen molar-refractivity contribution in [1.29, 1.82) is 0 Å². The SMILES string of the molecule is Cc1cc(C(N)=O)ccc1NCc1cncnc1. The van der Waals surface area contributed by atoms with Crippen LogP contribution in [0.25, 0.3) is 0 Å². The average molecular weight is 242 g/mol. The highest BCUT2D eigenvalue weighted by Gasteiger charge is 2.04. The van der Waals surface area contributed by atoms with E-state index in [4.69, 9.17) is 5.73 Å². The van der Waals surface area contributed by atoms with Crippen molar-refractivity contribution in [2.75, 3.05) is 5.32 Å². The Kier molecular flexibility index (Phi) is 3.52. The third-order valence-electron chi connectivity index (χ3n) is 2.61. The van der Waals surface area contributed by atoms with Crippen molar-refractivity contribution in [3.05, 3.63) is 53.6 Å². The number of anilines is 1. The van der Waals surface area contributed by atoms with Gasteiger partial charge in [-0.3, -0.25) is 4.79 Å². The predicted molar refractivity (Wildman–Crippen MR) is 69.1 cm³/mol. The van der Waals surface area contributed by atoms with E-state index < -0.39 is 5.91 Å². The van der Waals surface area contributed by atoms with Gasteiger partial charge in [0, 0.05) is 35.8 Å². The van der Waals surface area contributed by atoms with Gasteiger partial charge in [0.1, 0.15) is 6.33 Å². The molecule has 1 aromatic carbocycles.